The molecule has 3 N–H and O–H groups in total. The Morgan fingerprint density at radius 3 is 1.53 bits per heavy atom. The summed E-state index contributed by atoms with van der Waals surface area (Å²) >= 11 is 0. The van der Waals surface area contributed by atoms with Crippen LogP contribution in [0, 0.1) is 0 Å². The molecule has 11 nitrogen and oxygen atoms in total. The molecular formula is C42H73NNaO10P. The summed E-state index contributed by atoms with van der Waals surface area (Å²) in [7, 11) is -4.75. The second-order valence-electron chi connectivity index (χ2n) is 13.8. The molecule has 0 aliphatic rings. The van der Waals surface area contributed by atoms with Crippen LogP contribution >= 0.6 is 7.82 Å². The molecular weight excluding hydrogens is 732 g/mol. The maximum absolute atomic E-state index is 12.6. The Kier molecular flexibility index (Phi) is 41.0. The fourth-order valence-corrected chi connectivity index (χ4v) is 6.07. The zero-order valence-electron chi connectivity index (χ0n) is 34.5. The van der Waals surface area contributed by atoms with Crippen molar-refractivity contribution in [2.45, 2.75) is 180 Å². The van der Waals surface area contributed by atoms with Crippen molar-refractivity contribution in [3.63, 3.8) is 0 Å². The van der Waals surface area contributed by atoms with E-state index in [1.807, 2.05) is 12.2 Å². The first-order valence-corrected chi connectivity index (χ1v) is 22.1. The van der Waals surface area contributed by atoms with Gasteiger partial charge in [0.15, 0.2) is 6.10 Å². The number of carboxylic acids is 1. The predicted octanol–water partition coefficient (Wildman–Crippen LogP) is 6.28. The first kappa shape index (κ1) is 55.5. The monoisotopic (exact) mass is 805 g/mol. The van der Waals surface area contributed by atoms with Crippen molar-refractivity contribution in [3.8, 4) is 0 Å². The number of allylic oxidation sites excluding steroid dienone is 8. The number of hydrogen-bond donors (Lipinski definition) is 2. The van der Waals surface area contributed by atoms with E-state index in [1.165, 1.54) is 77.0 Å². The third kappa shape index (κ3) is 40.4. The number of carbonyl (C=O) groups is 3. The quantitative estimate of drug-likeness (QED) is 0.0236. The third-order valence-electron chi connectivity index (χ3n) is 8.57. The van der Waals surface area contributed by atoms with E-state index >= 15 is 0 Å². The molecule has 0 amide bonds. The minimum atomic E-state index is -4.75. The van der Waals surface area contributed by atoms with Gasteiger partial charge in [-0.1, -0.05) is 152 Å². The summed E-state index contributed by atoms with van der Waals surface area (Å²) in [4.78, 5) is 45.7. The second-order valence-corrected chi connectivity index (χ2v) is 15.2. The van der Waals surface area contributed by atoms with E-state index in [9.17, 15) is 28.9 Å². The van der Waals surface area contributed by atoms with Gasteiger partial charge in [-0.2, -0.15) is 0 Å². The summed E-state index contributed by atoms with van der Waals surface area (Å²) in [5.74, 6) is -2.72. The average molecular weight is 806 g/mol. The average Bonchev–Trinajstić information content (AvgIpc) is 3.14. The summed E-state index contributed by atoms with van der Waals surface area (Å²) in [6.07, 6.45) is 40.3. The number of unbranched alkanes of at least 4 members (excludes halogenated alkanes) is 16. The first-order chi connectivity index (χ1) is 26.1. The van der Waals surface area contributed by atoms with Crippen LogP contribution in [0.3, 0.4) is 0 Å². The van der Waals surface area contributed by atoms with Crippen LogP contribution in [0.25, 0.3) is 0 Å². The van der Waals surface area contributed by atoms with Gasteiger partial charge in [-0.15, -0.1) is 0 Å². The van der Waals surface area contributed by atoms with Crippen LogP contribution in [0.4, 0.5) is 0 Å². The van der Waals surface area contributed by atoms with Crippen LogP contribution in [0.2, 0.25) is 0 Å². The Morgan fingerprint density at radius 2 is 1.02 bits per heavy atom. The summed E-state index contributed by atoms with van der Waals surface area (Å²) in [6.45, 7) is 2.62. The number of ether oxygens (including phenoxy) is 2. The molecule has 0 rings (SSSR count). The smallest absolute Gasteiger partial charge is 0.548 e. The number of rotatable bonds is 38. The van der Waals surface area contributed by atoms with E-state index < -0.39 is 51.1 Å². The molecule has 0 aromatic rings. The minimum Gasteiger partial charge on any atom is -0.548 e. The molecule has 0 aromatic heterocycles. The molecule has 55 heavy (non-hydrogen) atoms. The Morgan fingerprint density at radius 1 is 0.600 bits per heavy atom. The van der Waals surface area contributed by atoms with Gasteiger partial charge in [-0.05, 0) is 51.4 Å². The maximum Gasteiger partial charge on any atom is 1.00 e. The Hall–Kier alpha value is -1.56. The third-order valence-corrected chi connectivity index (χ3v) is 9.52. The normalized spacial score (nSPS) is 14.0. The molecule has 0 saturated carbocycles. The number of hydrogen-bond acceptors (Lipinski definition) is 10. The molecule has 0 aliphatic carbocycles. The number of nitrogens with two attached hydrogens (primary N) is 1. The van der Waals surface area contributed by atoms with E-state index in [0.29, 0.717) is 19.3 Å². The zero-order valence-corrected chi connectivity index (χ0v) is 37.4. The number of phosphoric acid groups is 1. The van der Waals surface area contributed by atoms with Gasteiger partial charge in [0.25, 0.3) is 0 Å². The molecule has 1 unspecified atom stereocenters. The number of esters is 2. The maximum atomic E-state index is 12.6. The van der Waals surface area contributed by atoms with Crippen molar-refractivity contribution < 1.29 is 77.0 Å². The van der Waals surface area contributed by atoms with E-state index in [0.717, 1.165) is 44.9 Å². The Balaban J connectivity index is 0. The molecule has 0 bridgehead atoms. The van der Waals surface area contributed by atoms with Gasteiger partial charge in [0.2, 0.25) is 0 Å². The molecule has 0 saturated heterocycles. The number of carboxylic acid groups (broad SMARTS) is 1. The van der Waals surface area contributed by atoms with Crippen LogP contribution < -0.4 is 40.4 Å². The predicted molar refractivity (Wildman–Crippen MR) is 214 cm³/mol. The standard InChI is InChI=1S/C42H74NO10P.Na/c1-3-5-7-9-11-13-15-17-18-19-20-22-24-26-28-30-32-34-41(45)53-38(36-51-54(48,49)52-37-39(43)42(46)47)35-50-40(44)33-31-29-27-25-23-21-16-14-12-10-8-6-4-2;/h11,13,17-18,20,22,26,28,38-39H,3-10,12,14-16,19,21,23-25,27,29-37,43H2,1-2H3,(H,46,47)(H,48,49);/q;+1/p-1/b13-11-,18-17-,22-20-,28-26-;/t38-,39+;/m1./s1. The fraction of sp³-hybridized carbons (Fsp3) is 0.738. The molecule has 0 aromatic carbocycles. The molecule has 0 heterocycles. The van der Waals surface area contributed by atoms with Gasteiger partial charge in [0.05, 0.1) is 25.2 Å². The SMILES string of the molecule is CCCCC/C=C\C/C=C\C/C=C\C/C=C\CCCC(=O)O[C@H](COC(=O)CCCCCCCCCCCCCCC)COP(=O)(O)OC[C@H](N)C(=O)[O-].[Na+]. The second kappa shape index (κ2) is 40.6. The molecule has 3 atom stereocenters. The van der Waals surface area contributed by atoms with Crippen molar-refractivity contribution in [1.29, 1.82) is 0 Å². The van der Waals surface area contributed by atoms with Crippen molar-refractivity contribution in [3.05, 3.63) is 48.6 Å². The van der Waals surface area contributed by atoms with Crippen molar-refractivity contribution in [1.82, 2.24) is 0 Å². The summed E-state index contributed by atoms with van der Waals surface area (Å²) < 4.78 is 32.5. The van der Waals surface area contributed by atoms with Gasteiger partial charge in [0, 0.05) is 12.8 Å². The number of carbonyl (C=O) groups excluding carboxylic acids is 3. The van der Waals surface area contributed by atoms with Gasteiger partial charge < -0.3 is 30.0 Å². The molecule has 13 heteroatoms. The summed E-state index contributed by atoms with van der Waals surface area (Å²) in [6, 6.07) is -1.64. The number of aliphatic carboxylic acids is 1. The number of phosphoric ester groups is 1. The van der Waals surface area contributed by atoms with Crippen LogP contribution in [0.5, 0.6) is 0 Å². The van der Waals surface area contributed by atoms with Gasteiger partial charge in [-0.3, -0.25) is 18.6 Å². The van der Waals surface area contributed by atoms with Gasteiger partial charge >= 0.3 is 49.3 Å². The van der Waals surface area contributed by atoms with Crippen molar-refractivity contribution in [2.24, 2.45) is 5.73 Å². The van der Waals surface area contributed by atoms with Crippen LogP contribution in [0.1, 0.15) is 168 Å². The van der Waals surface area contributed by atoms with Gasteiger partial charge in [-0.25, -0.2) is 4.57 Å². The van der Waals surface area contributed by atoms with E-state index in [2.05, 4.69) is 54.8 Å². The molecule has 0 aliphatic heterocycles. The first-order valence-electron chi connectivity index (χ1n) is 20.6. The molecule has 0 spiro atoms. The topological polar surface area (TPSA) is 175 Å². The molecule has 0 fully saturated rings. The van der Waals surface area contributed by atoms with Crippen molar-refractivity contribution in [2.75, 3.05) is 19.8 Å². The summed E-state index contributed by atoms with van der Waals surface area (Å²) in [5.41, 5.74) is 5.26. The molecule has 0 radical (unpaired) electrons. The van der Waals surface area contributed by atoms with Gasteiger partial charge in [0.1, 0.15) is 6.61 Å². The summed E-state index contributed by atoms with van der Waals surface area (Å²) in [5, 5.41) is 10.8. The van der Waals surface area contributed by atoms with E-state index in [-0.39, 0.29) is 49.0 Å². The van der Waals surface area contributed by atoms with Crippen LogP contribution in [-0.2, 0) is 37.5 Å². The van der Waals surface area contributed by atoms with E-state index in [4.69, 9.17) is 19.7 Å². The largest absolute Gasteiger partial charge is 1.00 e. The Bertz CT molecular complexity index is 1110. The minimum absolute atomic E-state index is 0. The zero-order chi connectivity index (χ0) is 40.0. The molecule has 312 valence electrons. The fourth-order valence-electron chi connectivity index (χ4n) is 5.29. The Labute approximate surface area is 355 Å². The van der Waals surface area contributed by atoms with Crippen LogP contribution in [-0.4, -0.2) is 54.8 Å². The van der Waals surface area contributed by atoms with Crippen molar-refractivity contribution >= 4 is 25.7 Å². The van der Waals surface area contributed by atoms with Crippen LogP contribution in [0.15, 0.2) is 48.6 Å². The van der Waals surface area contributed by atoms with E-state index in [1.54, 1.807) is 0 Å².